The van der Waals surface area contributed by atoms with Crippen LogP contribution >= 0.6 is 27.5 Å². The minimum atomic E-state index is -4.17. The molecule has 4 aromatic carbocycles. The van der Waals surface area contributed by atoms with Crippen LogP contribution in [0.5, 0.6) is 0 Å². The van der Waals surface area contributed by atoms with Crippen molar-refractivity contribution in [2.24, 2.45) is 0 Å². The van der Waals surface area contributed by atoms with Gasteiger partial charge in [-0.05, 0) is 53.6 Å². The second-order valence-corrected chi connectivity index (χ2v) is 12.5. The quantitative estimate of drug-likeness (QED) is 0.225. The van der Waals surface area contributed by atoms with Crippen molar-refractivity contribution < 1.29 is 18.0 Å². The zero-order valence-corrected chi connectivity index (χ0v) is 25.4. The molecular formula is C31H29BrClN3O4S. The molecule has 0 aromatic heterocycles. The molecule has 2 amide bonds. The predicted octanol–water partition coefficient (Wildman–Crippen LogP) is 5.68. The summed E-state index contributed by atoms with van der Waals surface area (Å²) in [6.07, 6.45) is 0.239. The van der Waals surface area contributed by atoms with E-state index in [0.717, 1.165) is 19.9 Å². The minimum Gasteiger partial charge on any atom is -0.357 e. The van der Waals surface area contributed by atoms with Gasteiger partial charge in [0.05, 0.1) is 10.6 Å². The van der Waals surface area contributed by atoms with Crippen LogP contribution in [-0.4, -0.2) is 44.8 Å². The minimum absolute atomic E-state index is 0.0263. The van der Waals surface area contributed by atoms with Crippen LogP contribution in [0.3, 0.4) is 0 Å². The van der Waals surface area contributed by atoms with Gasteiger partial charge in [-0.1, -0.05) is 94.3 Å². The molecule has 0 aliphatic heterocycles. The molecule has 0 aliphatic carbocycles. The van der Waals surface area contributed by atoms with Gasteiger partial charge < -0.3 is 10.2 Å². The monoisotopic (exact) mass is 653 g/mol. The Labute approximate surface area is 253 Å². The number of hydrogen-bond donors (Lipinski definition) is 1. The highest BCUT2D eigenvalue weighted by atomic mass is 79.9. The molecule has 10 heteroatoms. The second-order valence-electron chi connectivity index (χ2n) is 9.28. The molecule has 0 fully saturated rings. The summed E-state index contributed by atoms with van der Waals surface area (Å²) in [6, 6.07) is 30.1. The summed E-state index contributed by atoms with van der Waals surface area (Å²) >= 11 is 9.70. The summed E-state index contributed by atoms with van der Waals surface area (Å²) < 4.78 is 29.6. The number of anilines is 1. The summed E-state index contributed by atoms with van der Waals surface area (Å²) in [5, 5.41) is 3.00. The van der Waals surface area contributed by atoms with E-state index in [1.54, 1.807) is 36.4 Å². The van der Waals surface area contributed by atoms with Crippen LogP contribution in [0, 0.1) is 0 Å². The molecule has 0 radical (unpaired) electrons. The molecule has 0 saturated heterocycles. The molecule has 212 valence electrons. The molecule has 1 N–H and O–H groups in total. The Morgan fingerprint density at radius 2 is 1.49 bits per heavy atom. The molecule has 7 nitrogen and oxygen atoms in total. The van der Waals surface area contributed by atoms with E-state index in [-0.39, 0.29) is 29.5 Å². The van der Waals surface area contributed by atoms with Crippen LogP contribution in [-0.2, 0) is 32.6 Å². The van der Waals surface area contributed by atoms with Crippen LogP contribution < -0.4 is 9.62 Å². The highest BCUT2D eigenvalue weighted by Gasteiger charge is 2.34. The maximum atomic E-state index is 14.2. The molecule has 0 heterocycles. The summed E-state index contributed by atoms with van der Waals surface area (Å²) in [5.41, 5.74) is 1.86. The largest absolute Gasteiger partial charge is 0.357 e. The molecule has 1 unspecified atom stereocenters. The zero-order valence-electron chi connectivity index (χ0n) is 22.3. The number of rotatable bonds is 11. The lowest BCUT2D eigenvalue weighted by molar-refractivity contribution is -0.139. The van der Waals surface area contributed by atoms with Crippen molar-refractivity contribution in [1.29, 1.82) is 0 Å². The van der Waals surface area contributed by atoms with E-state index < -0.39 is 28.5 Å². The van der Waals surface area contributed by atoms with Gasteiger partial charge in [0.15, 0.2) is 0 Å². The molecular weight excluding hydrogens is 626 g/mol. The number of nitrogens with one attached hydrogen (secondary N) is 1. The number of carbonyl (C=O) groups excluding carboxylic acids is 2. The number of carbonyl (C=O) groups is 2. The number of benzene rings is 4. The molecule has 4 aromatic rings. The number of likely N-dealkylation sites (N-methyl/N-ethyl adjacent to an activating group) is 1. The fraction of sp³-hybridized carbons (Fsp3) is 0.161. The Balaban J connectivity index is 1.78. The number of hydrogen-bond acceptors (Lipinski definition) is 4. The van der Waals surface area contributed by atoms with Gasteiger partial charge in [0.25, 0.3) is 10.0 Å². The molecule has 0 aliphatic rings. The SMILES string of the molecule is CNC(=O)C(Cc1ccccc1)N(Cc1cccc(Br)c1)C(=O)CN(c1cccc(Cl)c1)S(=O)(=O)c1ccccc1. The fourth-order valence-electron chi connectivity index (χ4n) is 4.43. The van der Waals surface area contributed by atoms with Crippen LogP contribution in [0.15, 0.2) is 119 Å². The van der Waals surface area contributed by atoms with E-state index in [4.69, 9.17) is 11.6 Å². The van der Waals surface area contributed by atoms with Crippen LogP contribution in [0.4, 0.5) is 5.69 Å². The number of halogens is 2. The molecule has 0 bridgehead atoms. The maximum absolute atomic E-state index is 14.2. The van der Waals surface area contributed by atoms with Gasteiger partial charge in [-0.2, -0.15) is 0 Å². The Morgan fingerprint density at radius 3 is 2.12 bits per heavy atom. The van der Waals surface area contributed by atoms with Gasteiger partial charge in [-0.25, -0.2) is 8.42 Å². The van der Waals surface area contributed by atoms with Crippen molar-refractivity contribution in [1.82, 2.24) is 10.2 Å². The van der Waals surface area contributed by atoms with Crippen LogP contribution in [0.1, 0.15) is 11.1 Å². The summed E-state index contributed by atoms with van der Waals surface area (Å²) in [7, 11) is -2.66. The Hall–Kier alpha value is -3.66. The van der Waals surface area contributed by atoms with Crippen molar-refractivity contribution in [2.75, 3.05) is 17.9 Å². The van der Waals surface area contributed by atoms with E-state index in [9.17, 15) is 18.0 Å². The first-order valence-electron chi connectivity index (χ1n) is 12.8. The van der Waals surface area contributed by atoms with E-state index in [0.29, 0.717) is 5.02 Å². The molecule has 0 saturated carbocycles. The van der Waals surface area contributed by atoms with Crippen molar-refractivity contribution in [3.05, 3.63) is 130 Å². The Kier molecular flexibility index (Phi) is 10.2. The Bertz CT molecular complexity index is 1600. The Morgan fingerprint density at radius 1 is 0.854 bits per heavy atom. The van der Waals surface area contributed by atoms with Gasteiger partial charge >= 0.3 is 0 Å². The fourth-order valence-corrected chi connectivity index (χ4v) is 6.49. The van der Waals surface area contributed by atoms with Crippen molar-refractivity contribution in [2.45, 2.75) is 23.9 Å². The molecule has 1 atom stereocenters. The van der Waals surface area contributed by atoms with E-state index in [1.165, 1.54) is 30.1 Å². The zero-order chi connectivity index (χ0) is 29.4. The van der Waals surface area contributed by atoms with E-state index >= 15 is 0 Å². The third kappa shape index (κ3) is 7.75. The first kappa shape index (κ1) is 30.3. The van der Waals surface area contributed by atoms with Crippen molar-refractivity contribution in [3.63, 3.8) is 0 Å². The first-order chi connectivity index (χ1) is 19.7. The maximum Gasteiger partial charge on any atom is 0.264 e. The summed E-state index contributed by atoms with van der Waals surface area (Å²) in [4.78, 5) is 29.0. The smallest absolute Gasteiger partial charge is 0.264 e. The highest BCUT2D eigenvalue weighted by Crippen LogP contribution is 2.27. The molecule has 0 spiro atoms. The van der Waals surface area contributed by atoms with Gasteiger partial charge in [0.1, 0.15) is 12.6 Å². The third-order valence-electron chi connectivity index (χ3n) is 6.47. The lowest BCUT2D eigenvalue weighted by atomic mass is 10.0. The third-order valence-corrected chi connectivity index (χ3v) is 8.98. The second kappa shape index (κ2) is 13.8. The highest BCUT2D eigenvalue weighted by molar-refractivity contribution is 9.10. The van der Waals surface area contributed by atoms with Gasteiger partial charge in [0.2, 0.25) is 11.8 Å². The van der Waals surface area contributed by atoms with Gasteiger partial charge in [-0.3, -0.25) is 13.9 Å². The predicted molar refractivity (Wildman–Crippen MR) is 165 cm³/mol. The van der Waals surface area contributed by atoms with E-state index in [2.05, 4.69) is 21.2 Å². The average molecular weight is 655 g/mol. The molecule has 4 rings (SSSR count). The van der Waals surface area contributed by atoms with Crippen molar-refractivity contribution in [3.8, 4) is 0 Å². The van der Waals surface area contributed by atoms with Crippen molar-refractivity contribution >= 4 is 55.1 Å². The lowest BCUT2D eigenvalue weighted by Gasteiger charge is -2.33. The average Bonchev–Trinajstić information content (AvgIpc) is 2.98. The van der Waals surface area contributed by atoms with Gasteiger partial charge in [0, 0.05) is 29.5 Å². The number of sulfonamides is 1. The molecule has 41 heavy (non-hydrogen) atoms. The normalized spacial score (nSPS) is 11.9. The topological polar surface area (TPSA) is 86.8 Å². The van der Waals surface area contributed by atoms with Crippen LogP contribution in [0.2, 0.25) is 5.02 Å². The van der Waals surface area contributed by atoms with Crippen LogP contribution in [0.25, 0.3) is 0 Å². The first-order valence-corrected chi connectivity index (χ1v) is 15.4. The number of nitrogens with zero attached hydrogens (tertiary/aromatic N) is 2. The standard InChI is InChI=1S/C31H29BrClN3O4S/c1-34-31(38)29(19-23-10-4-2-5-11-23)35(21-24-12-8-13-25(32)18-24)30(37)22-36(27-15-9-14-26(33)20-27)41(39,40)28-16-6-3-7-17-28/h2-18,20,29H,19,21-22H2,1H3,(H,34,38). The lowest BCUT2D eigenvalue weighted by Crippen LogP contribution is -2.53. The summed E-state index contributed by atoms with van der Waals surface area (Å²) in [6.45, 7) is -0.466. The van der Waals surface area contributed by atoms with Gasteiger partial charge in [-0.15, -0.1) is 0 Å². The summed E-state index contributed by atoms with van der Waals surface area (Å²) in [5.74, 6) is -0.911. The van der Waals surface area contributed by atoms with E-state index in [1.807, 2.05) is 54.6 Å². The number of amides is 2.